The maximum atomic E-state index is 12.0. The summed E-state index contributed by atoms with van der Waals surface area (Å²) in [4.78, 5) is 12.0. The average molecular weight is 354 g/mol. The molecule has 1 unspecified atom stereocenters. The van der Waals surface area contributed by atoms with Gasteiger partial charge in [0.05, 0.1) is 5.02 Å². The second-order valence-electron chi connectivity index (χ2n) is 4.28. The number of carbonyl (C=O) groups is 1. The Hall–Kier alpha value is -0.290. The summed E-state index contributed by atoms with van der Waals surface area (Å²) in [5.74, 6) is 0.441. The van der Waals surface area contributed by atoms with E-state index in [0.29, 0.717) is 23.0 Å². The lowest BCUT2D eigenvalue weighted by Gasteiger charge is -2.16. The van der Waals surface area contributed by atoms with Crippen LogP contribution in [0.4, 0.5) is 0 Å². The highest BCUT2D eigenvalue weighted by atomic mass is 79.9. The van der Waals surface area contributed by atoms with Crippen LogP contribution in [0.1, 0.15) is 23.2 Å². The Morgan fingerprint density at radius 3 is 2.72 bits per heavy atom. The van der Waals surface area contributed by atoms with Crippen molar-refractivity contribution in [3.8, 4) is 0 Å². The van der Waals surface area contributed by atoms with Gasteiger partial charge in [0, 0.05) is 22.6 Å². The molecule has 0 aliphatic heterocycles. The van der Waals surface area contributed by atoms with Crippen LogP contribution in [0, 0.1) is 5.92 Å². The normalized spacial score (nSPS) is 15.7. The van der Waals surface area contributed by atoms with Crippen LogP contribution < -0.4 is 11.1 Å². The number of amides is 1. The molecule has 0 bridgehead atoms. The molecule has 1 amide bonds. The second kappa shape index (κ2) is 6.75. The van der Waals surface area contributed by atoms with Crippen molar-refractivity contribution in [2.75, 3.05) is 6.54 Å². The Balaban J connectivity index is 0.00000162. The fourth-order valence-corrected chi connectivity index (χ4v) is 2.18. The van der Waals surface area contributed by atoms with Crippen molar-refractivity contribution in [2.24, 2.45) is 11.7 Å². The van der Waals surface area contributed by atoms with Crippen molar-refractivity contribution in [1.82, 2.24) is 5.32 Å². The minimum Gasteiger partial charge on any atom is -0.348 e. The SMILES string of the molecule is Cl.NCC(NC(=O)c1ccc(Br)c(Cl)c1)C1CC1. The van der Waals surface area contributed by atoms with Gasteiger partial charge in [-0.2, -0.15) is 0 Å². The molecule has 1 aromatic rings. The molecule has 18 heavy (non-hydrogen) atoms. The van der Waals surface area contributed by atoms with Crippen LogP contribution in [0.15, 0.2) is 22.7 Å². The summed E-state index contributed by atoms with van der Waals surface area (Å²) in [6.45, 7) is 0.487. The molecule has 0 saturated heterocycles. The first-order valence-corrected chi connectivity index (χ1v) is 6.75. The first-order chi connectivity index (χ1) is 8.11. The van der Waals surface area contributed by atoms with Gasteiger partial charge in [-0.15, -0.1) is 12.4 Å². The summed E-state index contributed by atoms with van der Waals surface area (Å²) in [7, 11) is 0. The van der Waals surface area contributed by atoms with Gasteiger partial charge < -0.3 is 11.1 Å². The predicted molar refractivity (Wildman–Crippen MR) is 79.4 cm³/mol. The average Bonchev–Trinajstić information content (AvgIpc) is 3.13. The number of rotatable bonds is 4. The fraction of sp³-hybridized carbons (Fsp3) is 0.417. The van der Waals surface area contributed by atoms with Crippen molar-refractivity contribution in [1.29, 1.82) is 0 Å². The van der Waals surface area contributed by atoms with Crippen LogP contribution in [-0.2, 0) is 0 Å². The van der Waals surface area contributed by atoms with E-state index in [9.17, 15) is 4.79 Å². The number of carbonyl (C=O) groups excluding carboxylic acids is 1. The molecule has 0 spiro atoms. The van der Waals surface area contributed by atoms with E-state index in [1.165, 1.54) is 0 Å². The van der Waals surface area contributed by atoms with E-state index in [-0.39, 0.29) is 24.4 Å². The lowest BCUT2D eigenvalue weighted by molar-refractivity contribution is 0.0933. The van der Waals surface area contributed by atoms with E-state index in [1.54, 1.807) is 18.2 Å². The molecule has 0 aromatic heterocycles. The summed E-state index contributed by atoms with van der Waals surface area (Å²) in [5, 5.41) is 3.49. The van der Waals surface area contributed by atoms with E-state index in [0.717, 1.165) is 17.3 Å². The van der Waals surface area contributed by atoms with Gasteiger partial charge in [0.1, 0.15) is 0 Å². The van der Waals surface area contributed by atoms with Gasteiger partial charge in [-0.1, -0.05) is 11.6 Å². The molecule has 1 aliphatic carbocycles. The highest BCUT2D eigenvalue weighted by molar-refractivity contribution is 9.10. The number of hydrogen-bond donors (Lipinski definition) is 2. The Kier molecular flexibility index (Phi) is 5.92. The van der Waals surface area contributed by atoms with Crippen LogP contribution in [0.3, 0.4) is 0 Å². The molecule has 3 nitrogen and oxygen atoms in total. The van der Waals surface area contributed by atoms with E-state index in [4.69, 9.17) is 17.3 Å². The number of halogens is 3. The van der Waals surface area contributed by atoms with Crippen molar-refractivity contribution >= 4 is 45.8 Å². The van der Waals surface area contributed by atoms with Crippen LogP contribution in [0.25, 0.3) is 0 Å². The largest absolute Gasteiger partial charge is 0.348 e. The summed E-state index contributed by atoms with van der Waals surface area (Å²) in [5.41, 5.74) is 6.21. The van der Waals surface area contributed by atoms with Gasteiger partial charge in [-0.25, -0.2) is 0 Å². The van der Waals surface area contributed by atoms with Gasteiger partial charge in [-0.3, -0.25) is 4.79 Å². The minimum atomic E-state index is -0.109. The fourth-order valence-electron chi connectivity index (χ4n) is 1.76. The van der Waals surface area contributed by atoms with E-state index in [1.807, 2.05) is 0 Å². The number of hydrogen-bond acceptors (Lipinski definition) is 2. The molecule has 1 aliphatic rings. The molecule has 6 heteroatoms. The van der Waals surface area contributed by atoms with Crippen molar-refractivity contribution < 1.29 is 4.79 Å². The Morgan fingerprint density at radius 2 is 2.22 bits per heavy atom. The summed E-state index contributed by atoms with van der Waals surface area (Å²) in [6, 6.07) is 5.25. The van der Waals surface area contributed by atoms with Crippen molar-refractivity contribution in [3.05, 3.63) is 33.3 Å². The molecular weight excluding hydrogens is 339 g/mol. The molecule has 1 fully saturated rings. The Morgan fingerprint density at radius 1 is 1.56 bits per heavy atom. The van der Waals surface area contributed by atoms with Gasteiger partial charge in [-0.05, 0) is 52.9 Å². The zero-order valence-corrected chi connectivity index (χ0v) is 12.8. The van der Waals surface area contributed by atoms with Crippen LogP contribution in [0.2, 0.25) is 5.02 Å². The molecule has 1 aromatic carbocycles. The molecule has 0 heterocycles. The molecule has 0 radical (unpaired) electrons. The van der Waals surface area contributed by atoms with E-state index >= 15 is 0 Å². The molecule has 1 atom stereocenters. The second-order valence-corrected chi connectivity index (χ2v) is 5.54. The number of nitrogens with two attached hydrogens (primary N) is 1. The van der Waals surface area contributed by atoms with Gasteiger partial charge in [0.25, 0.3) is 5.91 Å². The van der Waals surface area contributed by atoms with Gasteiger partial charge >= 0.3 is 0 Å². The molecular formula is C12H15BrCl2N2O. The topological polar surface area (TPSA) is 55.1 Å². The highest BCUT2D eigenvalue weighted by Crippen LogP contribution is 2.32. The zero-order valence-electron chi connectivity index (χ0n) is 9.66. The Labute approximate surface area is 126 Å². The highest BCUT2D eigenvalue weighted by Gasteiger charge is 2.31. The lowest BCUT2D eigenvalue weighted by Crippen LogP contribution is -2.41. The maximum Gasteiger partial charge on any atom is 0.251 e. The van der Waals surface area contributed by atoms with Gasteiger partial charge in [0.2, 0.25) is 0 Å². The molecule has 3 N–H and O–H groups in total. The first kappa shape index (κ1) is 15.8. The van der Waals surface area contributed by atoms with Crippen molar-refractivity contribution in [3.63, 3.8) is 0 Å². The molecule has 100 valence electrons. The van der Waals surface area contributed by atoms with E-state index in [2.05, 4.69) is 21.2 Å². The quantitative estimate of drug-likeness (QED) is 0.874. The predicted octanol–water partition coefficient (Wildman–Crippen LogP) is 2.99. The standard InChI is InChI=1S/C12H14BrClN2O.ClH/c13-9-4-3-8(5-10(9)14)12(17)16-11(6-15)7-1-2-7;/h3-5,7,11H,1-2,6,15H2,(H,16,17);1H. The third-order valence-corrected chi connectivity index (χ3v) is 4.18. The maximum absolute atomic E-state index is 12.0. The number of benzene rings is 1. The van der Waals surface area contributed by atoms with Gasteiger partial charge in [0.15, 0.2) is 0 Å². The molecule has 2 rings (SSSR count). The van der Waals surface area contributed by atoms with Crippen LogP contribution >= 0.6 is 39.9 Å². The smallest absolute Gasteiger partial charge is 0.251 e. The summed E-state index contributed by atoms with van der Waals surface area (Å²) < 4.78 is 0.785. The van der Waals surface area contributed by atoms with Crippen LogP contribution in [0.5, 0.6) is 0 Å². The van der Waals surface area contributed by atoms with E-state index < -0.39 is 0 Å². The minimum absolute atomic E-state index is 0. The summed E-state index contributed by atoms with van der Waals surface area (Å²) in [6.07, 6.45) is 2.31. The first-order valence-electron chi connectivity index (χ1n) is 5.58. The monoisotopic (exact) mass is 352 g/mol. The number of nitrogens with one attached hydrogen (secondary N) is 1. The van der Waals surface area contributed by atoms with Crippen LogP contribution in [-0.4, -0.2) is 18.5 Å². The zero-order chi connectivity index (χ0) is 12.4. The van der Waals surface area contributed by atoms with Crippen molar-refractivity contribution in [2.45, 2.75) is 18.9 Å². The summed E-state index contributed by atoms with van der Waals surface area (Å²) >= 11 is 9.24. The third-order valence-electron chi connectivity index (χ3n) is 2.94. The Bertz CT molecular complexity index is 438. The molecule has 1 saturated carbocycles. The lowest BCUT2D eigenvalue weighted by atomic mass is 10.1. The third kappa shape index (κ3) is 3.85.